The molecule has 3 aliphatic rings. The van der Waals surface area contributed by atoms with Crippen molar-refractivity contribution in [3.05, 3.63) is 58.7 Å². The van der Waals surface area contributed by atoms with Gasteiger partial charge in [0.15, 0.2) is 11.5 Å². The number of piperidine rings is 1. The van der Waals surface area contributed by atoms with Crippen LogP contribution in [0.3, 0.4) is 0 Å². The highest BCUT2D eigenvalue weighted by atomic mass is 16.7. The number of aliphatic hydroxyl groups is 2. The van der Waals surface area contributed by atoms with E-state index in [4.69, 9.17) is 9.47 Å². The van der Waals surface area contributed by atoms with Crippen LogP contribution in [0.5, 0.6) is 11.5 Å². The third kappa shape index (κ3) is 3.28. The van der Waals surface area contributed by atoms with Crippen molar-refractivity contribution in [1.82, 2.24) is 4.90 Å². The molecule has 0 saturated carbocycles. The average molecular weight is 381 g/mol. The fraction of sp³-hybridized carbons (Fsp3) is 0.478. The molecule has 0 spiro atoms. The lowest BCUT2D eigenvalue weighted by Gasteiger charge is -2.39. The summed E-state index contributed by atoms with van der Waals surface area (Å²) in [5, 5.41) is 21.9. The van der Waals surface area contributed by atoms with Crippen LogP contribution in [0.15, 0.2) is 36.4 Å². The minimum Gasteiger partial charge on any atom is -0.454 e. The maximum atomic E-state index is 11.2. The summed E-state index contributed by atoms with van der Waals surface area (Å²) in [6.45, 7) is 2.36. The van der Waals surface area contributed by atoms with Crippen LogP contribution < -0.4 is 9.47 Å². The second-order valence-corrected chi connectivity index (χ2v) is 8.30. The highest BCUT2D eigenvalue weighted by Crippen LogP contribution is 2.39. The molecule has 28 heavy (non-hydrogen) atoms. The van der Waals surface area contributed by atoms with Gasteiger partial charge < -0.3 is 24.6 Å². The Balaban J connectivity index is 1.22. The molecule has 2 aromatic rings. The first-order valence-corrected chi connectivity index (χ1v) is 10.3. The lowest BCUT2D eigenvalue weighted by Crippen LogP contribution is -2.43. The number of β-amino-alcohol motifs (C(OH)–C–C–N with tert-alkyl or cyclic N) is 1. The SMILES string of the molecule is O[C@@H](CN1CCC(O)(c2ccc3c(c2)OCO3)CC1)c1ccc2c(c1)CCC2. The van der Waals surface area contributed by atoms with Gasteiger partial charge in [-0.2, -0.15) is 0 Å². The molecule has 2 N–H and O–H groups in total. The maximum Gasteiger partial charge on any atom is 0.231 e. The second-order valence-electron chi connectivity index (χ2n) is 8.30. The Bertz CT molecular complexity index is 873. The van der Waals surface area contributed by atoms with Crippen molar-refractivity contribution in [2.75, 3.05) is 26.4 Å². The highest BCUT2D eigenvalue weighted by molar-refractivity contribution is 5.46. The third-order valence-corrected chi connectivity index (χ3v) is 6.53. The average Bonchev–Trinajstić information content (AvgIpc) is 3.37. The van der Waals surface area contributed by atoms with Crippen LogP contribution in [-0.4, -0.2) is 41.5 Å². The van der Waals surface area contributed by atoms with Crippen LogP contribution in [0.4, 0.5) is 0 Å². The predicted molar refractivity (Wildman–Crippen MR) is 106 cm³/mol. The van der Waals surface area contributed by atoms with Gasteiger partial charge in [0, 0.05) is 19.6 Å². The fourth-order valence-electron chi connectivity index (χ4n) is 4.73. The molecule has 5 heteroatoms. The normalized spacial score (nSPS) is 21.5. The molecule has 1 atom stereocenters. The quantitative estimate of drug-likeness (QED) is 0.853. The number of likely N-dealkylation sites (tertiary alicyclic amines) is 1. The van der Waals surface area contributed by atoms with Crippen LogP contribution in [0.25, 0.3) is 0 Å². The van der Waals surface area contributed by atoms with E-state index in [0.29, 0.717) is 25.1 Å². The molecular formula is C23H27NO4. The number of nitrogens with zero attached hydrogens (tertiary/aromatic N) is 1. The van der Waals surface area contributed by atoms with E-state index in [1.54, 1.807) is 0 Å². The minimum atomic E-state index is -0.851. The number of fused-ring (bicyclic) bond motifs is 2. The van der Waals surface area contributed by atoms with Crippen molar-refractivity contribution < 1.29 is 19.7 Å². The minimum absolute atomic E-state index is 0.242. The predicted octanol–water partition coefficient (Wildman–Crippen LogP) is 2.92. The van der Waals surface area contributed by atoms with Gasteiger partial charge in [-0.1, -0.05) is 24.3 Å². The van der Waals surface area contributed by atoms with Crippen molar-refractivity contribution in [3.63, 3.8) is 0 Å². The summed E-state index contributed by atoms with van der Waals surface area (Å²) in [5.41, 5.74) is 3.87. The van der Waals surface area contributed by atoms with Gasteiger partial charge >= 0.3 is 0 Å². The topological polar surface area (TPSA) is 62.2 Å². The van der Waals surface area contributed by atoms with E-state index in [1.165, 1.54) is 17.5 Å². The summed E-state index contributed by atoms with van der Waals surface area (Å²) in [6, 6.07) is 12.1. The molecule has 2 aliphatic heterocycles. The zero-order valence-electron chi connectivity index (χ0n) is 16.1. The summed E-state index contributed by atoms with van der Waals surface area (Å²) < 4.78 is 10.8. The van der Waals surface area contributed by atoms with E-state index < -0.39 is 11.7 Å². The van der Waals surface area contributed by atoms with Gasteiger partial charge in [0.05, 0.1) is 11.7 Å². The molecule has 2 heterocycles. The number of rotatable bonds is 4. The summed E-state index contributed by atoms with van der Waals surface area (Å²) in [7, 11) is 0. The van der Waals surface area contributed by atoms with Crippen LogP contribution in [0.2, 0.25) is 0 Å². The van der Waals surface area contributed by atoms with E-state index in [2.05, 4.69) is 23.1 Å². The van der Waals surface area contributed by atoms with Crippen molar-refractivity contribution in [2.45, 2.75) is 43.8 Å². The summed E-state index contributed by atoms with van der Waals surface area (Å²) >= 11 is 0. The zero-order chi connectivity index (χ0) is 19.1. The van der Waals surface area contributed by atoms with E-state index in [1.807, 2.05) is 18.2 Å². The molecule has 0 radical (unpaired) electrons. The van der Waals surface area contributed by atoms with Crippen molar-refractivity contribution in [1.29, 1.82) is 0 Å². The van der Waals surface area contributed by atoms with Crippen molar-refractivity contribution >= 4 is 0 Å². The first kappa shape index (κ1) is 18.0. The number of hydrogen-bond donors (Lipinski definition) is 2. The maximum absolute atomic E-state index is 11.2. The Morgan fingerprint density at radius 1 is 0.964 bits per heavy atom. The molecule has 1 aliphatic carbocycles. The molecule has 0 amide bonds. The van der Waals surface area contributed by atoms with Gasteiger partial charge in [-0.25, -0.2) is 0 Å². The van der Waals surface area contributed by atoms with Gasteiger partial charge in [0.2, 0.25) is 6.79 Å². The third-order valence-electron chi connectivity index (χ3n) is 6.53. The molecule has 5 rings (SSSR count). The summed E-state index contributed by atoms with van der Waals surface area (Å²) in [5.74, 6) is 1.45. The number of benzene rings is 2. The van der Waals surface area contributed by atoms with Crippen molar-refractivity contribution in [3.8, 4) is 11.5 Å². The van der Waals surface area contributed by atoms with Gasteiger partial charge in [-0.05, 0) is 66.5 Å². The standard InChI is InChI=1S/C23H27NO4/c25-20(18-5-4-16-2-1-3-17(16)12-18)14-24-10-8-23(26,9-11-24)19-6-7-21-22(13-19)28-15-27-21/h4-7,12-13,20,25-26H,1-3,8-11,14-15H2/t20-/m0/s1. The van der Waals surface area contributed by atoms with E-state index in [9.17, 15) is 10.2 Å². The molecule has 2 aromatic carbocycles. The van der Waals surface area contributed by atoms with Crippen LogP contribution in [0.1, 0.15) is 47.6 Å². The summed E-state index contributed by atoms with van der Waals surface area (Å²) in [4.78, 5) is 2.25. The Morgan fingerprint density at radius 2 is 1.75 bits per heavy atom. The summed E-state index contributed by atoms with van der Waals surface area (Å²) in [6.07, 6.45) is 4.31. The van der Waals surface area contributed by atoms with Gasteiger partial charge in [-0.15, -0.1) is 0 Å². The number of aliphatic hydroxyl groups excluding tert-OH is 1. The molecule has 5 nitrogen and oxygen atoms in total. The Hall–Kier alpha value is -2.08. The first-order chi connectivity index (χ1) is 13.6. The molecule has 148 valence electrons. The van der Waals surface area contributed by atoms with E-state index in [0.717, 1.165) is 42.8 Å². The molecule has 0 aromatic heterocycles. The van der Waals surface area contributed by atoms with Crippen LogP contribution >= 0.6 is 0 Å². The lowest BCUT2D eigenvalue weighted by atomic mass is 9.84. The Kier molecular flexibility index (Phi) is 4.54. The Labute approximate surface area is 165 Å². The monoisotopic (exact) mass is 381 g/mol. The zero-order valence-corrected chi connectivity index (χ0v) is 16.1. The second kappa shape index (κ2) is 7.07. The number of ether oxygens (including phenoxy) is 2. The first-order valence-electron chi connectivity index (χ1n) is 10.3. The van der Waals surface area contributed by atoms with Crippen LogP contribution in [0, 0.1) is 0 Å². The fourth-order valence-corrected chi connectivity index (χ4v) is 4.73. The number of hydrogen-bond acceptors (Lipinski definition) is 5. The van der Waals surface area contributed by atoms with E-state index in [-0.39, 0.29) is 6.79 Å². The largest absolute Gasteiger partial charge is 0.454 e. The van der Waals surface area contributed by atoms with E-state index >= 15 is 0 Å². The number of aryl methyl sites for hydroxylation is 2. The van der Waals surface area contributed by atoms with Gasteiger partial charge in [-0.3, -0.25) is 0 Å². The highest BCUT2D eigenvalue weighted by Gasteiger charge is 2.35. The van der Waals surface area contributed by atoms with Crippen LogP contribution in [-0.2, 0) is 18.4 Å². The molecule has 1 fully saturated rings. The van der Waals surface area contributed by atoms with Gasteiger partial charge in [0.1, 0.15) is 0 Å². The van der Waals surface area contributed by atoms with Gasteiger partial charge in [0.25, 0.3) is 0 Å². The Morgan fingerprint density at radius 3 is 2.61 bits per heavy atom. The van der Waals surface area contributed by atoms with Crippen molar-refractivity contribution in [2.24, 2.45) is 0 Å². The molecule has 0 bridgehead atoms. The molecular weight excluding hydrogens is 354 g/mol. The molecule has 1 saturated heterocycles. The smallest absolute Gasteiger partial charge is 0.231 e. The molecule has 0 unspecified atom stereocenters. The lowest BCUT2D eigenvalue weighted by molar-refractivity contribution is -0.0345.